The minimum Gasteiger partial charge on any atom is -0.495 e. The number of ether oxygens (including phenoxy) is 1. The molecular weight excluding hydrogens is 621 g/mol. The van der Waals surface area contributed by atoms with E-state index in [1.165, 1.54) is 36.3 Å². The maximum Gasteiger partial charge on any atom is 0.264 e. The molecule has 0 bridgehead atoms. The van der Waals surface area contributed by atoms with Gasteiger partial charge >= 0.3 is 0 Å². The number of amides is 2. The van der Waals surface area contributed by atoms with Gasteiger partial charge in [-0.2, -0.15) is 0 Å². The fourth-order valence-corrected chi connectivity index (χ4v) is 6.45. The van der Waals surface area contributed by atoms with Crippen LogP contribution in [0.1, 0.15) is 18.1 Å². The number of methoxy groups -OCH3 is 1. The van der Waals surface area contributed by atoms with Crippen molar-refractivity contribution < 1.29 is 22.7 Å². The molecule has 4 rings (SSSR count). The van der Waals surface area contributed by atoms with Crippen LogP contribution in [0.25, 0.3) is 0 Å². The highest BCUT2D eigenvalue weighted by Crippen LogP contribution is 2.35. The van der Waals surface area contributed by atoms with Crippen molar-refractivity contribution in [3.63, 3.8) is 0 Å². The first-order valence-corrected chi connectivity index (χ1v) is 16.1. The van der Waals surface area contributed by atoms with E-state index in [1.807, 2.05) is 30.3 Å². The van der Waals surface area contributed by atoms with E-state index in [1.54, 1.807) is 55.5 Å². The number of nitrogens with zero attached hydrogens (tertiary/aromatic N) is 2. The Bertz CT molecular complexity index is 1670. The molecule has 44 heavy (non-hydrogen) atoms. The van der Waals surface area contributed by atoms with Crippen LogP contribution in [0.15, 0.2) is 108 Å². The molecule has 0 heterocycles. The fourth-order valence-electron chi connectivity index (χ4n) is 4.72. The molecule has 1 N–H and O–H groups in total. The van der Waals surface area contributed by atoms with Crippen LogP contribution in [0.5, 0.6) is 5.75 Å². The van der Waals surface area contributed by atoms with Gasteiger partial charge in [-0.1, -0.05) is 83.9 Å². The molecule has 0 aliphatic heterocycles. The molecule has 0 aliphatic carbocycles. The number of halogens is 2. The molecule has 4 aromatic carbocycles. The molecule has 1 atom stereocenters. The van der Waals surface area contributed by atoms with Crippen LogP contribution < -0.4 is 14.4 Å². The highest BCUT2D eigenvalue weighted by Gasteiger charge is 2.35. The number of benzene rings is 4. The second kappa shape index (κ2) is 15.1. The molecule has 0 saturated carbocycles. The predicted molar refractivity (Wildman–Crippen MR) is 174 cm³/mol. The summed E-state index contributed by atoms with van der Waals surface area (Å²) < 4.78 is 34.7. The van der Waals surface area contributed by atoms with Gasteiger partial charge in [0.05, 0.1) is 17.7 Å². The average molecular weight is 655 g/mol. The van der Waals surface area contributed by atoms with E-state index in [0.29, 0.717) is 17.1 Å². The van der Waals surface area contributed by atoms with Crippen molar-refractivity contribution in [2.45, 2.75) is 30.8 Å². The lowest BCUT2D eigenvalue weighted by Gasteiger charge is -2.34. The summed E-state index contributed by atoms with van der Waals surface area (Å²) in [6.45, 7) is 1.53. The van der Waals surface area contributed by atoms with E-state index in [-0.39, 0.29) is 40.2 Å². The number of anilines is 1. The first kappa shape index (κ1) is 32.9. The van der Waals surface area contributed by atoms with Gasteiger partial charge in [0.2, 0.25) is 11.8 Å². The monoisotopic (exact) mass is 653 g/mol. The number of carbonyl (C=O) groups excluding carboxylic acids is 2. The Kier molecular flexibility index (Phi) is 11.3. The summed E-state index contributed by atoms with van der Waals surface area (Å²) in [6, 6.07) is 27.6. The number of hydrogen-bond acceptors (Lipinski definition) is 5. The van der Waals surface area contributed by atoms with Crippen molar-refractivity contribution in [3.8, 4) is 5.75 Å². The first-order valence-electron chi connectivity index (χ1n) is 13.9. The lowest BCUT2D eigenvalue weighted by Crippen LogP contribution is -2.53. The molecule has 2 amide bonds. The van der Waals surface area contributed by atoms with E-state index in [0.717, 1.165) is 9.87 Å². The van der Waals surface area contributed by atoms with E-state index < -0.39 is 28.5 Å². The molecule has 0 aromatic heterocycles. The first-order chi connectivity index (χ1) is 21.1. The van der Waals surface area contributed by atoms with Crippen LogP contribution in [-0.4, -0.2) is 51.4 Å². The van der Waals surface area contributed by atoms with E-state index in [4.69, 9.17) is 27.9 Å². The zero-order chi connectivity index (χ0) is 31.7. The molecule has 0 fully saturated rings. The molecule has 0 aliphatic rings. The van der Waals surface area contributed by atoms with E-state index >= 15 is 0 Å². The normalized spacial score (nSPS) is 11.8. The van der Waals surface area contributed by atoms with Crippen LogP contribution in [-0.2, 0) is 32.6 Å². The summed E-state index contributed by atoms with van der Waals surface area (Å²) >= 11 is 12.4. The van der Waals surface area contributed by atoms with Gasteiger partial charge in [0.15, 0.2) is 0 Å². The second-order valence-corrected chi connectivity index (χ2v) is 12.6. The summed E-state index contributed by atoms with van der Waals surface area (Å²) in [6.07, 6.45) is 0.206. The van der Waals surface area contributed by atoms with Gasteiger partial charge in [-0.15, -0.1) is 0 Å². The quantitative estimate of drug-likeness (QED) is 0.192. The van der Waals surface area contributed by atoms with Gasteiger partial charge in [0, 0.05) is 29.6 Å². The van der Waals surface area contributed by atoms with Crippen LogP contribution in [0, 0.1) is 0 Å². The number of likely N-dealkylation sites (N-methyl/N-ethyl adjacent to an activating group) is 1. The van der Waals surface area contributed by atoms with Crippen molar-refractivity contribution in [2.75, 3.05) is 24.5 Å². The Labute approximate surface area is 268 Å². The third-order valence-electron chi connectivity index (χ3n) is 6.91. The van der Waals surface area contributed by atoms with Crippen molar-refractivity contribution in [1.29, 1.82) is 0 Å². The topological polar surface area (TPSA) is 96.0 Å². The van der Waals surface area contributed by atoms with Gasteiger partial charge in [0.25, 0.3) is 10.0 Å². The van der Waals surface area contributed by atoms with Crippen molar-refractivity contribution in [2.24, 2.45) is 0 Å². The maximum atomic E-state index is 14.4. The lowest BCUT2D eigenvalue weighted by molar-refractivity contribution is -0.140. The minimum absolute atomic E-state index is 0.0243. The minimum atomic E-state index is -4.30. The molecular formula is C33H33Cl2N3O5S. The Morgan fingerprint density at radius 2 is 1.45 bits per heavy atom. The number of rotatable bonds is 13. The average Bonchev–Trinajstić information content (AvgIpc) is 3.03. The third-order valence-corrected chi connectivity index (χ3v) is 9.17. The van der Waals surface area contributed by atoms with Gasteiger partial charge in [-0.25, -0.2) is 8.42 Å². The predicted octanol–water partition coefficient (Wildman–Crippen LogP) is 5.97. The zero-order valence-corrected chi connectivity index (χ0v) is 26.6. The number of carbonyl (C=O) groups is 2. The summed E-state index contributed by atoms with van der Waals surface area (Å²) in [5.41, 5.74) is 1.63. The van der Waals surface area contributed by atoms with Crippen molar-refractivity contribution in [1.82, 2.24) is 10.2 Å². The summed E-state index contributed by atoms with van der Waals surface area (Å²) in [4.78, 5) is 29.4. The number of sulfonamides is 1. The summed E-state index contributed by atoms with van der Waals surface area (Å²) in [7, 11) is -2.89. The standard InChI is InChI=1S/C33H33Cl2N3O5S/c1-3-36-33(40)30(20-24-10-6-4-7-11-24)37(22-25-14-16-26(34)17-15-25)32(39)23-38(29-21-27(35)18-19-31(29)43-2)44(41,42)28-12-8-5-9-13-28/h4-19,21,30H,3,20,22-23H2,1-2H3,(H,36,40). The van der Waals surface area contributed by atoms with Gasteiger partial charge in [-0.3, -0.25) is 13.9 Å². The Balaban J connectivity index is 1.83. The lowest BCUT2D eigenvalue weighted by atomic mass is 10.0. The van der Waals surface area contributed by atoms with Crippen molar-refractivity contribution >= 4 is 50.7 Å². The van der Waals surface area contributed by atoms with E-state index in [9.17, 15) is 18.0 Å². The highest BCUT2D eigenvalue weighted by molar-refractivity contribution is 7.92. The fraction of sp³-hybridized carbons (Fsp3) is 0.212. The highest BCUT2D eigenvalue weighted by atomic mass is 35.5. The molecule has 0 saturated heterocycles. The largest absolute Gasteiger partial charge is 0.495 e. The van der Waals surface area contributed by atoms with E-state index in [2.05, 4.69) is 5.32 Å². The van der Waals surface area contributed by atoms with Gasteiger partial charge in [0.1, 0.15) is 18.3 Å². The molecule has 8 nitrogen and oxygen atoms in total. The molecule has 11 heteroatoms. The summed E-state index contributed by atoms with van der Waals surface area (Å²) in [5, 5.41) is 3.61. The second-order valence-electron chi connectivity index (χ2n) is 9.89. The number of nitrogens with one attached hydrogen (secondary N) is 1. The summed E-state index contributed by atoms with van der Waals surface area (Å²) in [5.74, 6) is -0.763. The van der Waals surface area contributed by atoms with Gasteiger partial charge < -0.3 is 15.0 Å². The zero-order valence-electron chi connectivity index (χ0n) is 24.3. The Morgan fingerprint density at radius 3 is 2.07 bits per heavy atom. The molecule has 230 valence electrons. The van der Waals surface area contributed by atoms with Crippen LogP contribution in [0.4, 0.5) is 5.69 Å². The maximum absolute atomic E-state index is 14.4. The van der Waals surface area contributed by atoms with Crippen LogP contribution >= 0.6 is 23.2 Å². The van der Waals surface area contributed by atoms with Crippen LogP contribution in [0.2, 0.25) is 10.0 Å². The molecule has 0 spiro atoms. The Morgan fingerprint density at radius 1 is 0.841 bits per heavy atom. The van der Waals surface area contributed by atoms with Gasteiger partial charge in [-0.05, 0) is 60.5 Å². The van der Waals surface area contributed by atoms with Crippen LogP contribution in [0.3, 0.4) is 0 Å². The smallest absolute Gasteiger partial charge is 0.264 e. The van der Waals surface area contributed by atoms with Crippen molar-refractivity contribution in [3.05, 3.63) is 124 Å². The molecule has 1 unspecified atom stereocenters. The SMILES string of the molecule is CCNC(=O)C(Cc1ccccc1)N(Cc1ccc(Cl)cc1)C(=O)CN(c1cc(Cl)ccc1OC)S(=O)(=O)c1ccccc1. The molecule has 0 radical (unpaired) electrons. The Hall–Kier alpha value is -4.05. The third kappa shape index (κ3) is 8.11. The molecule has 4 aromatic rings. The number of hydrogen-bond donors (Lipinski definition) is 1.